The highest BCUT2D eigenvalue weighted by Crippen LogP contribution is 2.10. The van der Waals surface area contributed by atoms with Gasteiger partial charge in [-0.1, -0.05) is 6.92 Å². The van der Waals surface area contributed by atoms with Gasteiger partial charge in [0.15, 0.2) is 5.60 Å². The van der Waals surface area contributed by atoms with E-state index in [1.54, 1.807) is 4.90 Å². The van der Waals surface area contributed by atoms with Crippen LogP contribution in [0.15, 0.2) is 0 Å². The number of aliphatic carboxylic acids is 1. The quantitative estimate of drug-likeness (QED) is 0.641. The summed E-state index contributed by atoms with van der Waals surface area (Å²) in [7, 11) is 0. The highest BCUT2D eigenvalue weighted by atomic mass is 16.5. The van der Waals surface area contributed by atoms with Gasteiger partial charge in [0, 0.05) is 6.54 Å². The summed E-state index contributed by atoms with van der Waals surface area (Å²) in [5.74, 6) is -1.36. The third-order valence-electron chi connectivity index (χ3n) is 3.00. The van der Waals surface area contributed by atoms with Crippen LogP contribution in [0.4, 0.5) is 4.79 Å². The zero-order valence-electron chi connectivity index (χ0n) is 10.7. The lowest BCUT2D eigenvalue weighted by atomic mass is 10.1. The van der Waals surface area contributed by atoms with Gasteiger partial charge in [-0.15, -0.1) is 0 Å². The van der Waals surface area contributed by atoms with Crippen molar-refractivity contribution in [3.8, 4) is 0 Å². The number of urea groups is 1. The fourth-order valence-electron chi connectivity index (χ4n) is 1.69. The van der Waals surface area contributed by atoms with Crippen LogP contribution < -0.4 is 5.32 Å². The number of ether oxygens (including phenoxy) is 1. The lowest BCUT2D eigenvalue weighted by molar-refractivity contribution is -0.155. The Morgan fingerprint density at radius 1 is 1.56 bits per heavy atom. The Bertz CT molecular complexity index is 319. The van der Waals surface area contributed by atoms with Crippen molar-refractivity contribution in [2.75, 3.05) is 26.3 Å². The molecule has 1 heterocycles. The van der Waals surface area contributed by atoms with Gasteiger partial charge >= 0.3 is 12.0 Å². The normalized spacial score (nSPS) is 23.3. The summed E-state index contributed by atoms with van der Waals surface area (Å²) in [4.78, 5) is 24.2. The molecule has 1 rings (SSSR count). The number of carbonyl (C=O) groups excluding carboxylic acids is 1. The summed E-state index contributed by atoms with van der Waals surface area (Å²) in [5.41, 5.74) is -1.95. The molecule has 0 aromatic carbocycles. The molecular formula is C11H20N2O5. The molecule has 1 aliphatic rings. The minimum Gasteiger partial charge on any atom is -0.479 e. The number of carbonyl (C=O) groups is 2. The SMILES string of the molecule is CCC1COCCN1C(=O)NCC(C)(O)C(=O)O. The molecular weight excluding hydrogens is 240 g/mol. The van der Waals surface area contributed by atoms with Crippen LogP contribution in [0, 0.1) is 0 Å². The third kappa shape index (κ3) is 3.58. The maximum atomic E-state index is 11.9. The van der Waals surface area contributed by atoms with Crippen molar-refractivity contribution < 1.29 is 24.5 Å². The summed E-state index contributed by atoms with van der Waals surface area (Å²) in [6.07, 6.45) is 0.767. The molecule has 0 saturated carbocycles. The number of carboxylic acid groups (broad SMARTS) is 1. The van der Waals surface area contributed by atoms with Crippen molar-refractivity contribution in [1.82, 2.24) is 10.2 Å². The van der Waals surface area contributed by atoms with E-state index in [1.807, 2.05) is 6.92 Å². The molecule has 1 saturated heterocycles. The maximum Gasteiger partial charge on any atom is 0.337 e. The van der Waals surface area contributed by atoms with Crippen LogP contribution in [0.25, 0.3) is 0 Å². The standard InChI is InChI=1S/C11H20N2O5/c1-3-8-6-18-5-4-13(8)10(16)12-7-11(2,17)9(14)15/h8,17H,3-7H2,1-2H3,(H,12,16)(H,14,15). The highest BCUT2D eigenvalue weighted by Gasteiger charge is 2.32. The van der Waals surface area contributed by atoms with Crippen molar-refractivity contribution in [2.24, 2.45) is 0 Å². The minimum absolute atomic E-state index is 0.00599. The van der Waals surface area contributed by atoms with Crippen LogP contribution in [-0.4, -0.2) is 65.1 Å². The summed E-state index contributed by atoms with van der Waals surface area (Å²) in [6.45, 7) is 4.20. The fraction of sp³-hybridized carbons (Fsp3) is 0.818. The first-order chi connectivity index (χ1) is 8.38. The topological polar surface area (TPSA) is 99.1 Å². The molecule has 2 amide bonds. The summed E-state index contributed by atoms with van der Waals surface area (Å²) < 4.78 is 5.27. The molecule has 0 spiro atoms. The van der Waals surface area contributed by atoms with E-state index < -0.39 is 11.6 Å². The first-order valence-electron chi connectivity index (χ1n) is 5.96. The van der Waals surface area contributed by atoms with Crippen molar-refractivity contribution >= 4 is 12.0 Å². The molecule has 1 fully saturated rings. The maximum absolute atomic E-state index is 11.9. The number of morpholine rings is 1. The minimum atomic E-state index is -1.95. The van der Waals surface area contributed by atoms with Crippen LogP contribution in [0.3, 0.4) is 0 Å². The number of rotatable bonds is 4. The van der Waals surface area contributed by atoms with Crippen LogP contribution in [0.2, 0.25) is 0 Å². The molecule has 7 nitrogen and oxygen atoms in total. The van der Waals surface area contributed by atoms with Gasteiger partial charge in [0.1, 0.15) is 0 Å². The van der Waals surface area contributed by atoms with E-state index in [0.717, 1.165) is 13.3 Å². The first kappa shape index (κ1) is 14.7. The largest absolute Gasteiger partial charge is 0.479 e. The molecule has 2 unspecified atom stereocenters. The van der Waals surface area contributed by atoms with E-state index in [1.165, 1.54) is 0 Å². The Balaban J connectivity index is 2.51. The second kappa shape index (κ2) is 6.01. The van der Waals surface area contributed by atoms with Crippen LogP contribution in [0.1, 0.15) is 20.3 Å². The van der Waals surface area contributed by atoms with Gasteiger partial charge in [-0.05, 0) is 13.3 Å². The Morgan fingerprint density at radius 3 is 2.78 bits per heavy atom. The Labute approximate surface area is 106 Å². The third-order valence-corrected chi connectivity index (χ3v) is 3.00. The number of hydrogen-bond acceptors (Lipinski definition) is 4. The highest BCUT2D eigenvalue weighted by molar-refractivity contribution is 5.79. The first-order valence-corrected chi connectivity index (χ1v) is 5.96. The molecule has 104 valence electrons. The van der Waals surface area contributed by atoms with E-state index in [-0.39, 0.29) is 18.6 Å². The monoisotopic (exact) mass is 260 g/mol. The summed E-state index contributed by atoms with van der Waals surface area (Å²) in [5, 5.41) is 20.7. The molecule has 3 N–H and O–H groups in total. The molecule has 0 aromatic rings. The smallest absolute Gasteiger partial charge is 0.337 e. The molecule has 0 radical (unpaired) electrons. The van der Waals surface area contributed by atoms with Crippen molar-refractivity contribution in [3.63, 3.8) is 0 Å². The molecule has 18 heavy (non-hydrogen) atoms. The number of hydrogen-bond donors (Lipinski definition) is 3. The number of aliphatic hydroxyl groups is 1. The lowest BCUT2D eigenvalue weighted by Gasteiger charge is -2.35. The van der Waals surface area contributed by atoms with Gasteiger partial charge < -0.3 is 25.2 Å². The second-order valence-corrected chi connectivity index (χ2v) is 4.57. The molecule has 0 aliphatic carbocycles. The van der Waals surface area contributed by atoms with Crippen LogP contribution in [-0.2, 0) is 9.53 Å². The average molecular weight is 260 g/mol. The Kier molecular flexibility index (Phi) is 4.92. The van der Waals surface area contributed by atoms with Gasteiger partial charge in [-0.25, -0.2) is 9.59 Å². The number of carboxylic acids is 1. The Hall–Kier alpha value is -1.34. The lowest BCUT2D eigenvalue weighted by Crippen LogP contribution is -2.55. The van der Waals surface area contributed by atoms with Gasteiger partial charge in [-0.2, -0.15) is 0 Å². The predicted molar refractivity (Wildman–Crippen MR) is 63.3 cm³/mol. The number of nitrogens with zero attached hydrogens (tertiary/aromatic N) is 1. The van der Waals surface area contributed by atoms with Crippen LogP contribution in [0.5, 0.6) is 0 Å². The van der Waals surface area contributed by atoms with Crippen molar-refractivity contribution in [1.29, 1.82) is 0 Å². The second-order valence-electron chi connectivity index (χ2n) is 4.57. The summed E-state index contributed by atoms with van der Waals surface area (Å²) >= 11 is 0. The summed E-state index contributed by atoms with van der Waals surface area (Å²) in [6, 6.07) is -0.375. The van der Waals surface area contributed by atoms with Gasteiger partial charge in [0.2, 0.25) is 0 Å². The number of nitrogens with one attached hydrogen (secondary N) is 1. The van der Waals surface area contributed by atoms with E-state index >= 15 is 0 Å². The number of amides is 2. The average Bonchev–Trinajstić information content (AvgIpc) is 2.35. The van der Waals surface area contributed by atoms with Gasteiger partial charge in [-0.3, -0.25) is 0 Å². The predicted octanol–water partition coefficient (Wildman–Crippen LogP) is -0.358. The molecule has 7 heteroatoms. The molecule has 1 aliphatic heterocycles. The molecule has 0 bridgehead atoms. The Morgan fingerprint density at radius 2 is 2.22 bits per heavy atom. The van der Waals surface area contributed by atoms with Gasteiger partial charge in [0.25, 0.3) is 0 Å². The molecule has 2 atom stereocenters. The molecule has 0 aromatic heterocycles. The van der Waals surface area contributed by atoms with Crippen molar-refractivity contribution in [2.45, 2.75) is 31.9 Å². The zero-order chi connectivity index (χ0) is 13.8. The van der Waals surface area contributed by atoms with E-state index in [2.05, 4.69) is 5.32 Å². The van der Waals surface area contributed by atoms with Gasteiger partial charge in [0.05, 0.1) is 25.8 Å². The van der Waals surface area contributed by atoms with E-state index in [4.69, 9.17) is 9.84 Å². The van der Waals surface area contributed by atoms with Crippen LogP contribution >= 0.6 is 0 Å². The fourth-order valence-corrected chi connectivity index (χ4v) is 1.69. The van der Waals surface area contributed by atoms with Crippen molar-refractivity contribution in [3.05, 3.63) is 0 Å². The van der Waals surface area contributed by atoms with E-state index in [0.29, 0.717) is 19.8 Å². The zero-order valence-corrected chi connectivity index (χ0v) is 10.7. The van der Waals surface area contributed by atoms with E-state index in [9.17, 15) is 14.7 Å².